The second-order valence-corrected chi connectivity index (χ2v) is 6.34. The Bertz CT molecular complexity index is 415. The molecule has 1 atom stereocenters. The molecular formula is C17H29NO2. The number of hydrogen-bond donors (Lipinski definition) is 2. The van der Waals surface area contributed by atoms with Gasteiger partial charge in [0.1, 0.15) is 5.75 Å². The summed E-state index contributed by atoms with van der Waals surface area (Å²) >= 11 is 0. The molecule has 0 saturated heterocycles. The molecule has 0 amide bonds. The summed E-state index contributed by atoms with van der Waals surface area (Å²) in [6.45, 7) is 9.89. The fourth-order valence-electron chi connectivity index (χ4n) is 2.36. The highest BCUT2D eigenvalue weighted by atomic mass is 16.5. The second kappa shape index (κ2) is 7.65. The average molecular weight is 279 g/mol. The van der Waals surface area contributed by atoms with Crippen LogP contribution in [0.25, 0.3) is 0 Å². The number of aliphatic hydroxyl groups excluding tert-OH is 1. The van der Waals surface area contributed by atoms with E-state index in [9.17, 15) is 0 Å². The normalized spacial score (nSPS) is 13.3. The van der Waals surface area contributed by atoms with Crippen molar-refractivity contribution in [3.63, 3.8) is 0 Å². The molecule has 0 aliphatic rings. The maximum absolute atomic E-state index is 8.94. The van der Waals surface area contributed by atoms with Gasteiger partial charge in [0.2, 0.25) is 0 Å². The molecule has 0 aliphatic heterocycles. The molecule has 1 unspecified atom stereocenters. The average Bonchev–Trinajstić information content (AvgIpc) is 2.42. The highest BCUT2D eigenvalue weighted by Gasteiger charge is 2.19. The van der Waals surface area contributed by atoms with E-state index in [2.05, 4.69) is 51.2 Å². The van der Waals surface area contributed by atoms with Crippen LogP contribution >= 0.6 is 0 Å². The number of benzene rings is 1. The van der Waals surface area contributed by atoms with Gasteiger partial charge in [0, 0.05) is 24.8 Å². The van der Waals surface area contributed by atoms with Gasteiger partial charge in [-0.05, 0) is 43.7 Å². The first-order valence-corrected chi connectivity index (χ1v) is 7.38. The minimum atomic E-state index is 0.189. The molecule has 0 fully saturated rings. The van der Waals surface area contributed by atoms with Crippen LogP contribution in [0.3, 0.4) is 0 Å². The Morgan fingerprint density at radius 3 is 2.65 bits per heavy atom. The summed E-state index contributed by atoms with van der Waals surface area (Å²) in [7, 11) is 1.72. The number of ether oxygens (including phenoxy) is 1. The van der Waals surface area contributed by atoms with Gasteiger partial charge in [-0.25, -0.2) is 0 Å². The Balaban J connectivity index is 2.65. The molecule has 2 N–H and O–H groups in total. The van der Waals surface area contributed by atoms with Crippen molar-refractivity contribution in [3.8, 4) is 5.75 Å². The summed E-state index contributed by atoms with van der Waals surface area (Å²) in [6, 6.07) is 6.57. The van der Waals surface area contributed by atoms with Crippen molar-refractivity contribution in [2.45, 2.75) is 46.6 Å². The van der Waals surface area contributed by atoms with Gasteiger partial charge in [-0.15, -0.1) is 0 Å². The van der Waals surface area contributed by atoms with E-state index in [4.69, 9.17) is 9.84 Å². The number of rotatable bonds is 8. The fraction of sp³-hybridized carbons (Fsp3) is 0.647. The summed E-state index contributed by atoms with van der Waals surface area (Å²) in [5.41, 5.74) is 2.59. The van der Waals surface area contributed by atoms with E-state index in [0.29, 0.717) is 0 Å². The monoisotopic (exact) mass is 279 g/mol. The first kappa shape index (κ1) is 17.0. The van der Waals surface area contributed by atoms with Crippen LogP contribution < -0.4 is 10.1 Å². The van der Waals surface area contributed by atoms with Gasteiger partial charge in [-0.1, -0.05) is 26.0 Å². The first-order valence-electron chi connectivity index (χ1n) is 7.38. The third kappa shape index (κ3) is 5.14. The summed E-state index contributed by atoms with van der Waals surface area (Å²) < 4.78 is 5.47. The molecule has 0 aromatic heterocycles. The van der Waals surface area contributed by atoms with E-state index in [1.54, 1.807) is 7.11 Å². The minimum Gasteiger partial charge on any atom is -0.496 e. The molecule has 1 rings (SSSR count). The molecule has 0 saturated carbocycles. The van der Waals surface area contributed by atoms with Crippen LogP contribution in [0.4, 0.5) is 0 Å². The zero-order valence-corrected chi connectivity index (χ0v) is 13.5. The molecule has 3 nitrogen and oxygen atoms in total. The third-order valence-electron chi connectivity index (χ3n) is 3.75. The molecule has 0 aliphatic carbocycles. The van der Waals surface area contributed by atoms with Crippen molar-refractivity contribution in [1.82, 2.24) is 5.32 Å². The van der Waals surface area contributed by atoms with Gasteiger partial charge in [-0.2, -0.15) is 0 Å². The van der Waals surface area contributed by atoms with E-state index in [0.717, 1.165) is 25.1 Å². The molecule has 0 spiro atoms. The Labute approximate surface area is 123 Å². The lowest BCUT2D eigenvalue weighted by Crippen LogP contribution is -2.31. The van der Waals surface area contributed by atoms with Crippen molar-refractivity contribution in [2.24, 2.45) is 5.41 Å². The number of aryl methyl sites for hydroxylation is 1. The van der Waals surface area contributed by atoms with Gasteiger partial charge >= 0.3 is 0 Å². The van der Waals surface area contributed by atoms with E-state index >= 15 is 0 Å². The molecule has 114 valence electrons. The highest BCUT2D eigenvalue weighted by Crippen LogP contribution is 2.28. The molecule has 3 heteroatoms. The van der Waals surface area contributed by atoms with Gasteiger partial charge in [-0.3, -0.25) is 0 Å². The third-order valence-corrected chi connectivity index (χ3v) is 3.75. The van der Waals surface area contributed by atoms with Crippen molar-refractivity contribution < 1.29 is 9.84 Å². The number of nitrogens with one attached hydrogen (secondary N) is 1. The Morgan fingerprint density at radius 1 is 1.35 bits per heavy atom. The maximum atomic E-state index is 8.94. The molecular weight excluding hydrogens is 250 g/mol. The quantitative estimate of drug-likeness (QED) is 0.766. The first-order chi connectivity index (χ1) is 9.39. The molecule has 0 heterocycles. The van der Waals surface area contributed by atoms with Crippen LogP contribution in [0.1, 0.15) is 50.8 Å². The highest BCUT2D eigenvalue weighted by molar-refractivity contribution is 5.39. The van der Waals surface area contributed by atoms with Crippen LogP contribution in [-0.2, 0) is 0 Å². The Morgan fingerprint density at radius 2 is 2.05 bits per heavy atom. The van der Waals surface area contributed by atoms with Crippen LogP contribution in [0.15, 0.2) is 18.2 Å². The van der Waals surface area contributed by atoms with Crippen LogP contribution in [0.5, 0.6) is 5.75 Å². The zero-order valence-electron chi connectivity index (χ0n) is 13.5. The predicted octanol–water partition coefficient (Wildman–Crippen LogP) is 3.45. The van der Waals surface area contributed by atoms with Gasteiger partial charge < -0.3 is 15.2 Å². The topological polar surface area (TPSA) is 41.5 Å². The predicted molar refractivity (Wildman–Crippen MR) is 84.2 cm³/mol. The minimum absolute atomic E-state index is 0.189. The number of methoxy groups -OCH3 is 1. The lowest BCUT2D eigenvalue weighted by Gasteiger charge is -2.27. The summed E-state index contributed by atoms with van der Waals surface area (Å²) in [5, 5.41) is 12.5. The summed E-state index contributed by atoms with van der Waals surface area (Å²) in [6.07, 6.45) is 1.88. The van der Waals surface area contributed by atoms with E-state index in [-0.39, 0.29) is 18.1 Å². The maximum Gasteiger partial charge on any atom is 0.123 e. The zero-order chi connectivity index (χ0) is 15.2. The smallest absolute Gasteiger partial charge is 0.123 e. The molecule has 1 aromatic rings. The SMILES string of the molecule is COc1cc(C)ccc1C(C)NCC(C)(C)CCCO. The summed E-state index contributed by atoms with van der Waals surface area (Å²) in [5.74, 6) is 0.943. The second-order valence-electron chi connectivity index (χ2n) is 6.34. The summed E-state index contributed by atoms with van der Waals surface area (Å²) in [4.78, 5) is 0. The lowest BCUT2D eigenvalue weighted by atomic mass is 9.87. The van der Waals surface area contributed by atoms with Crippen LogP contribution in [0, 0.1) is 12.3 Å². The van der Waals surface area contributed by atoms with E-state index < -0.39 is 0 Å². The van der Waals surface area contributed by atoms with Crippen molar-refractivity contribution in [1.29, 1.82) is 0 Å². The van der Waals surface area contributed by atoms with Gasteiger partial charge in [0.25, 0.3) is 0 Å². The largest absolute Gasteiger partial charge is 0.496 e. The van der Waals surface area contributed by atoms with Gasteiger partial charge in [0.15, 0.2) is 0 Å². The van der Waals surface area contributed by atoms with Crippen molar-refractivity contribution >= 4 is 0 Å². The Kier molecular flexibility index (Phi) is 6.50. The fourth-order valence-corrected chi connectivity index (χ4v) is 2.36. The van der Waals surface area contributed by atoms with Crippen molar-refractivity contribution in [2.75, 3.05) is 20.3 Å². The van der Waals surface area contributed by atoms with E-state index in [1.165, 1.54) is 11.1 Å². The molecule has 0 bridgehead atoms. The van der Waals surface area contributed by atoms with E-state index in [1.807, 2.05) is 0 Å². The van der Waals surface area contributed by atoms with Gasteiger partial charge in [0.05, 0.1) is 7.11 Å². The number of hydrogen-bond acceptors (Lipinski definition) is 3. The van der Waals surface area contributed by atoms with Crippen LogP contribution in [0.2, 0.25) is 0 Å². The van der Waals surface area contributed by atoms with Crippen LogP contribution in [-0.4, -0.2) is 25.4 Å². The lowest BCUT2D eigenvalue weighted by molar-refractivity contribution is 0.232. The standard InChI is InChI=1S/C17H29NO2/c1-13-7-8-15(16(11-13)20-5)14(2)18-12-17(3,4)9-6-10-19/h7-8,11,14,18-19H,6,9-10,12H2,1-5H3. The molecule has 1 aromatic carbocycles. The Hall–Kier alpha value is -1.06. The van der Waals surface area contributed by atoms with Crippen molar-refractivity contribution in [3.05, 3.63) is 29.3 Å². The molecule has 20 heavy (non-hydrogen) atoms. The molecule has 0 radical (unpaired) electrons. The number of aliphatic hydroxyl groups is 1.